The molecule has 104 valence electrons. The topological polar surface area (TPSA) is 73.8 Å². The maximum Gasteiger partial charge on any atom is 0.417 e. The highest BCUT2D eigenvalue weighted by Gasteiger charge is 2.04. The summed E-state index contributed by atoms with van der Waals surface area (Å²) < 4.78 is 4.99. The molecule has 2 heterocycles. The molecule has 0 unspecified atom stereocenters. The Hall–Kier alpha value is -2.95. The number of oxazole rings is 1. The van der Waals surface area contributed by atoms with Crippen LogP contribution in [0.4, 0.5) is 5.69 Å². The Morgan fingerprint density at radius 1 is 1.10 bits per heavy atom. The van der Waals surface area contributed by atoms with Gasteiger partial charge in [-0.2, -0.15) is 0 Å². The highest BCUT2D eigenvalue weighted by Crippen LogP contribution is 2.20. The maximum absolute atomic E-state index is 11.2. The van der Waals surface area contributed by atoms with Crippen LogP contribution >= 0.6 is 0 Å². The standard InChI is InChI=1S/C16H13N3O2/c20-16-19-14-8-11(4-5-15(14)21-16)18-9-10-2-1-3-13-12(10)6-7-17-13/h1-8,17-18H,9H2,(H,19,20). The highest BCUT2D eigenvalue weighted by molar-refractivity contribution is 5.83. The van der Waals surface area contributed by atoms with Crippen LogP contribution in [-0.4, -0.2) is 9.97 Å². The van der Waals surface area contributed by atoms with Gasteiger partial charge in [0.15, 0.2) is 5.58 Å². The smallest absolute Gasteiger partial charge is 0.408 e. The van der Waals surface area contributed by atoms with Crippen molar-refractivity contribution in [2.45, 2.75) is 6.54 Å². The number of nitrogens with one attached hydrogen (secondary N) is 3. The molecule has 0 saturated heterocycles. The van der Waals surface area contributed by atoms with Crippen LogP contribution in [0.2, 0.25) is 0 Å². The molecule has 0 saturated carbocycles. The van der Waals surface area contributed by atoms with Crippen molar-refractivity contribution in [3.8, 4) is 0 Å². The third kappa shape index (κ3) is 2.08. The molecule has 0 atom stereocenters. The lowest BCUT2D eigenvalue weighted by Gasteiger charge is -2.07. The molecule has 5 nitrogen and oxygen atoms in total. The van der Waals surface area contributed by atoms with Gasteiger partial charge in [-0.15, -0.1) is 0 Å². The summed E-state index contributed by atoms with van der Waals surface area (Å²) >= 11 is 0. The van der Waals surface area contributed by atoms with E-state index >= 15 is 0 Å². The highest BCUT2D eigenvalue weighted by atomic mass is 16.4. The van der Waals surface area contributed by atoms with E-state index in [4.69, 9.17) is 4.42 Å². The summed E-state index contributed by atoms with van der Waals surface area (Å²) in [4.78, 5) is 17.0. The second kappa shape index (κ2) is 4.56. The first-order valence-electron chi connectivity index (χ1n) is 6.71. The molecule has 0 aliphatic carbocycles. The number of H-pyrrole nitrogens is 2. The van der Waals surface area contributed by atoms with E-state index in [0.29, 0.717) is 17.6 Å². The van der Waals surface area contributed by atoms with Crippen LogP contribution in [0.15, 0.2) is 57.9 Å². The molecule has 0 spiro atoms. The molecule has 21 heavy (non-hydrogen) atoms. The minimum absolute atomic E-state index is 0.431. The molecule has 4 aromatic rings. The summed E-state index contributed by atoms with van der Waals surface area (Å²) in [6, 6.07) is 13.8. The van der Waals surface area contributed by atoms with E-state index < -0.39 is 5.76 Å². The van der Waals surface area contributed by atoms with Crippen LogP contribution in [0.3, 0.4) is 0 Å². The van der Waals surface area contributed by atoms with E-state index in [1.54, 1.807) is 6.07 Å². The van der Waals surface area contributed by atoms with Crippen molar-refractivity contribution in [2.24, 2.45) is 0 Å². The van der Waals surface area contributed by atoms with Crippen LogP contribution in [0, 0.1) is 0 Å². The number of fused-ring (bicyclic) bond motifs is 2. The first kappa shape index (κ1) is 11.8. The predicted molar refractivity (Wildman–Crippen MR) is 82.5 cm³/mol. The Labute approximate surface area is 119 Å². The lowest BCUT2D eigenvalue weighted by molar-refractivity contribution is 0.555. The summed E-state index contributed by atoms with van der Waals surface area (Å²) in [7, 11) is 0. The first-order valence-corrected chi connectivity index (χ1v) is 6.71. The minimum atomic E-state index is -0.431. The molecule has 2 aromatic carbocycles. The Morgan fingerprint density at radius 3 is 3.00 bits per heavy atom. The van der Waals surface area contributed by atoms with Gasteiger partial charge in [0.05, 0.1) is 5.52 Å². The van der Waals surface area contributed by atoms with Crippen molar-refractivity contribution in [1.29, 1.82) is 0 Å². The Balaban J connectivity index is 1.62. The summed E-state index contributed by atoms with van der Waals surface area (Å²) in [6.45, 7) is 0.711. The van der Waals surface area contributed by atoms with Crippen LogP contribution in [-0.2, 0) is 6.54 Å². The Morgan fingerprint density at radius 2 is 2.05 bits per heavy atom. The average molecular weight is 279 g/mol. The first-order chi connectivity index (χ1) is 10.3. The fourth-order valence-electron chi connectivity index (χ4n) is 2.56. The van der Waals surface area contributed by atoms with Crippen molar-refractivity contribution in [3.05, 3.63) is 64.8 Å². The normalized spacial score (nSPS) is 11.2. The molecule has 2 aromatic heterocycles. The molecule has 0 amide bonds. The average Bonchev–Trinajstić information content (AvgIpc) is 3.09. The number of hydrogen-bond donors (Lipinski definition) is 3. The monoisotopic (exact) mass is 279 g/mol. The number of rotatable bonds is 3. The minimum Gasteiger partial charge on any atom is -0.408 e. The van der Waals surface area contributed by atoms with E-state index in [9.17, 15) is 4.79 Å². The molecular weight excluding hydrogens is 266 g/mol. The Bertz CT molecular complexity index is 978. The van der Waals surface area contributed by atoms with Gasteiger partial charge in [0.2, 0.25) is 0 Å². The molecule has 5 heteroatoms. The molecule has 3 N–H and O–H groups in total. The summed E-state index contributed by atoms with van der Waals surface area (Å²) in [5.74, 6) is -0.431. The third-order valence-corrected chi connectivity index (χ3v) is 3.59. The van der Waals surface area contributed by atoms with Gasteiger partial charge in [0.1, 0.15) is 0 Å². The fraction of sp³-hybridized carbons (Fsp3) is 0.0625. The number of aromatic amines is 2. The maximum atomic E-state index is 11.2. The zero-order chi connectivity index (χ0) is 14.2. The summed E-state index contributed by atoms with van der Waals surface area (Å²) in [5, 5.41) is 4.58. The molecule has 0 fully saturated rings. The molecule has 0 radical (unpaired) electrons. The van der Waals surface area contributed by atoms with Gasteiger partial charge in [0, 0.05) is 29.3 Å². The largest absolute Gasteiger partial charge is 0.417 e. The quantitative estimate of drug-likeness (QED) is 0.539. The van der Waals surface area contributed by atoms with Gasteiger partial charge in [-0.05, 0) is 35.9 Å². The Kier molecular flexibility index (Phi) is 2.57. The van der Waals surface area contributed by atoms with E-state index in [0.717, 1.165) is 11.2 Å². The lowest BCUT2D eigenvalue weighted by Crippen LogP contribution is -1.99. The van der Waals surface area contributed by atoms with Crippen molar-refractivity contribution >= 4 is 27.7 Å². The van der Waals surface area contributed by atoms with E-state index in [2.05, 4.69) is 33.5 Å². The van der Waals surface area contributed by atoms with Crippen LogP contribution < -0.4 is 11.1 Å². The second-order valence-corrected chi connectivity index (χ2v) is 4.94. The fourth-order valence-corrected chi connectivity index (χ4v) is 2.56. The van der Waals surface area contributed by atoms with Gasteiger partial charge >= 0.3 is 5.76 Å². The van der Waals surface area contributed by atoms with E-state index in [1.165, 1.54) is 10.9 Å². The molecule has 0 aliphatic heterocycles. The van der Waals surface area contributed by atoms with Gasteiger partial charge in [-0.3, -0.25) is 4.98 Å². The van der Waals surface area contributed by atoms with E-state index in [-0.39, 0.29) is 0 Å². The summed E-state index contributed by atoms with van der Waals surface area (Å²) in [6.07, 6.45) is 1.94. The van der Waals surface area contributed by atoms with Crippen molar-refractivity contribution in [2.75, 3.05) is 5.32 Å². The third-order valence-electron chi connectivity index (χ3n) is 3.59. The molecule has 0 bridgehead atoms. The van der Waals surface area contributed by atoms with Gasteiger partial charge in [-0.1, -0.05) is 12.1 Å². The van der Waals surface area contributed by atoms with Gasteiger partial charge < -0.3 is 14.7 Å². The van der Waals surface area contributed by atoms with Crippen molar-refractivity contribution < 1.29 is 4.42 Å². The lowest BCUT2D eigenvalue weighted by atomic mass is 10.1. The van der Waals surface area contributed by atoms with Crippen molar-refractivity contribution in [3.63, 3.8) is 0 Å². The molecule has 4 rings (SSSR count). The van der Waals surface area contributed by atoms with Crippen LogP contribution in [0.25, 0.3) is 22.0 Å². The molecule has 0 aliphatic rings. The zero-order valence-corrected chi connectivity index (χ0v) is 11.1. The van der Waals surface area contributed by atoms with Crippen LogP contribution in [0.1, 0.15) is 5.56 Å². The number of hydrogen-bond acceptors (Lipinski definition) is 3. The SMILES string of the molecule is O=c1[nH]c2cc(NCc3cccc4[nH]ccc34)ccc2o1. The molecular formula is C16H13N3O2. The van der Waals surface area contributed by atoms with E-state index in [1.807, 2.05) is 24.4 Å². The van der Waals surface area contributed by atoms with Gasteiger partial charge in [-0.25, -0.2) is 4.79 Å². The van der Waals surface area contributed by atoms with Crippen molar-refractivity contribution in [1.82, 2.24) is 9.97 Å². The second-order valence-electron chi connectivity index (χ2n) is 4.94. The predicted octanol–water partition coefficient (Wildman–Crippen LogP) is 3.21. The van der Waals surface area contributed by atoms with Gasteiger partial charge in [0.25, 0.3) is 0 Å². The zero-order valence-electron chi connectivity index (χ0n) is 11.1. The number of anilines is 1. The number of aromatic nitrogens is 2. The summed E-state index contributed by atoms with van der Waals surface area (Å²) in [5.41, 5.74) is 4.55. The van der Waals surface area contributed by atoms with Crippen LogP contribution in [0.5, 0.6) is 0 Å². The number of benzene rings is 2.